The Morgan fingerprint density at radius 3 is 2.77 bits per heavy atom. The number of hydrazine groups is 1. The van der Waals surface area contributed by atoms with Crippen LogP contribution in [-0.4, -0.2) is 59.4 Å². The molecule has 142 valence electrons. The van der Waals surface area contributed by atoms with Gasteiger partial charge in [0.1, 0.15) is 6.04 Å². The van der Waals surface area contributed by atoms with Crippen molar-refractivity contribution < 1.29 is 31.6 Å². The van der Waals surface area contributed by atoms with Crippen LogP contribution in [0.5, 0.6) is 0 Å². The van der Waals surface area contributed by atoms with Crippen molar-refractivity contribution >= 4 is 39.6 Å². The van der Waals surface area contributed by atoms with Crippen LogP contribution in [0.25, 0.3) is 0 Å². The molecule has 3 N–H and O–H groups in total. The number of piperidine rings is 1. The van der Waals surface area contributed by atoms with Crippen LogP contribution in [0.15, 0.2) is 17.5 Å². The number of thiophene rings is 1. The van der Waals surface area contributed by atoms with Crippen molar-refractivity contribution in [1.29, 1.82) is 0 Å². The standard InChI is InChI=1S/C13H16N4O7S2/c18-11(6-9-2-1-5-25-9)14-15-12(19)10-4-3-8-7-16(10)13(20)17(8)24-26(21,22)23/h1-2,5,8,10H,3-4,6-7H2,(H,14,18)(H,15,19)(H,21,22,23)/t8-,10+/m1/s1. The molecule has 2 aliphatic rings. The smallest absolute Gasteiger partial charge is 0.309 e. The first-order valence-corrected chi connectivity index (χ1v) is 9.87. The first-order chi connectivity index (χ1) is 12.2. The zero-order chi connectivity index (χ0) is 18.9. The average Bonchev–Trinajstić information content (AvgIpc) is 3.15. The zero-order valence-electron chi connectivity index (χ0n) is 13.3. The number of carbonyl (C=O) groups excluding carboxylic acids is 3. The topological polar surface area (TPSA) is 145 Å². The van der Waals surface area contributed by atoms with Crippen molar-refractivity contribution in [2.75, 3.05) is 6.54 Å². The lowest BCUT2D eigenvalue weighted by atomic mass is 10.0. The molecule has 0 aliphatic carbocycles. The van der Waals surface area contributed by atoms with Gasteiger partial charge in [0.2, 0.25) is 5.91 Å². The fraction of sp³-hybridized carbons (Fsp3) is 0.462. The van der Waals surface area contributed by atoms with Crippen molar-refractivity contribution in [3.63, 3.8) is 0 Å². The van der Waals surface area contributed by atoms with E-state index in [2.05, 4.69) is 15.1 Å². The fourth-order valence-electron chi connectivity index (χ4n) is 2.93. The minimum atomic E-state index is -4.84. The molecule has 0 spiro atoms. The number of nitrogens with one attached hydrogen (secondary N) is 2. The van der Waals surface area contributed by atoms with Crippen LogP contribution in [0.4, 0.5) is 4.79 Å². The molecular formula is C13H16N4O7S2. The third kappa shape index (κ3) is 4.12. The van der Waals surface area contributed by atoms with E-state index in [1.807, 2.05) is 11.4 Å². The van der Waals surface area contributed by atoms with E-state index in [4.69, 9.17) is 4.55 Å². The quantitative estimate of drug-likeness (QED) is 0.440. The van der Waals surface area contributed by atoms with Crippen LogP contribution in [0.2, 0.25) is 0 Å². The minimum absolute atomic E-state index is 0.0790. The number of carbonyl (C=O) groups is 3. The second kappa shape index (κ2) is 7.19. The summed E-state index contributed by atoms with van der Waals surface area (Å²) in [5.41, 5.74) is 4.57. The summed E-state index contributed by atoms with van der Waals surface area (Å²) in [4.78, 5) is 38.3. The van der Waals surface area contributed by atoms with Gasteiger partial charge >= 0.3 is 16.4 Å². The third-order valence-corrected chi connectivity index (χ3v) is 5.27. The highest BCUT2D eigenvalue weighted by atomic mass is 32.3. The van der Waals surface area contributed by atoms with Crippen LogP contribution in [-0.2, 0) is 30.7 Å². The van der Waals surface area contributed by atoms with Gasteiger partial charge in [0.05, 0.1) is 12.5 Å². The first-order valence-electron chi connectivity index (χ1n) is 7.62. The van der Waals surface area contributed by atoms with E-state index in [0.29, 0.717) is 11.5 Å². The van der Waals surface area contributed by atoms with Crippen molar-refractivity contribution in [3.8, 4) is 0 Å². The molecule has 3 heterocycles. The summed E-state index contributed by atoms with van der Waals surface area (Å²) < 4.78 is 34.7. The molecule has 2 saturated heterocycles. The Bertz CT molecular complexity index is 810. The van der Waals surface area contributed by atoms with E-state index < -0.39 is 40.3 Å². The lowest BCUT2D eigenvalue weighted by Crippen LogP contribution is -2.54. The Labute approximate surface area is 152 Å². The molecule has 2 fully saturated rings. The molecule has 4 amide bonds. The van der Waals surface area contributed by atoms with Crippen LogP contribution >= 0.6 is 11.3 Å². The van der Waals surface area contributed by atoms with Gasteiger partial charge < -0.3 is 4.90 Å². The monoisotopic (exact) mass is 404 g/mol. The highest BCUT2D eigenvalue weighted by molar-refractivity contribution is 7.80. The van der Waals surface area contributed by atoms with Gasteiger partial charge in [-0.15, -0.1) is 15.6 Å². The SMILES string of the molecule is O=C(Cc1cccs1)NNC(=O)[C@@H]1CC[C@@H]2CN1C(=O)N2OS(=O)(=O)O. The van der Waals surface area contributed by atoms with E-state index >= 15 is 0 Å². The van der Waals surface area contributed by atoms with Crippen molar-refractivity contribution in [2.24, 2.45) is 0 Å². The number of fused-ring (bicyclic) bond motifs is 2. The number of hydrogen-bond acceptors (Lipinski definition) is 7. The Kier molecular flexibility index (Phi) is 5.13. The number of urea groups is 1. The van der Waals surface area contributed by atoms with E-state index in [0.717, 1.165) is 9.78 Å². The summed E-state index contributed by atoms with van der Waals surface area (Å²) in [6.07, 6.45) is 0.677. The largest absolute Gasteiger partial charge is 0.418 e. The van der Waals surface area contributed by atoms with E-state index in [9.17, 15) is 22.8 Å². The van der Waals surface area contributed by atoms with Gasteiger partial charge in [-0.1, -0.05) is 6.07 Å². The number of nitrogens with zero attached hydrogens (tertiary/aromatic N) is 2. The highest BCUT2D eigenvalue weighted by Crippen LogP contribution is 2.30. The summed E-state index contributed by atoms with van der Waals surface area (Å²) in [5, 5.41) is 2.39. The lowest BCUT2D eigenvalue weighted by Gasteiger charge is -2.29. The summed E-state index contributed by atoms with van der Waals surface area (Å²) in [5.74, 6) is -0.997. The predicted molar refractivity (Wildman–Crippen MR) is 87.7 cm³/mol. The van der Waals surface area contributed by atoms with E-state index in [1.54, 1.807) is 6.07 Å². The molecule has 1 aromatic heterocycles. The first kappa shape index (κ1) is 18.6. The normalized spacial score (nSPS) is 22.4. The molecule has 0 aromatic carbocycles. The lowest BCUT2D eigenvalue weighted by molar-refractivity contribution is -0.131. The van der Waals surface area contributed by atoms with Crippen molar-refractivity contribution in [3.05, 3.63) is 22.4 Å². The second-order valence-corrected chi connectivity index (χ2v) is 7.84. The molecule has 26 heavy (non-hydrogen) atoms. The van der Waals surface area contributed by atoms with Gasteiger partial charge in [0, 0.05) is 11.4 Å². The van der Waals surface area contributed by atoms with Crippen LogP contribution in [0.3, 0.4) is 0 Å². The summed E-state index contributed by atoms with van der Waals surface area (Å²) >= 11 is 1.41. The van der Waals surface area contributed by atoms with Gasteiger partial charge in [-0.05, 0) is 24.3 Å². The fourth-order valence-corrected chi connectivity index (χ4v) is 4.03. The third-order valence-electron chi connectivity index (χ3n) is 4.04. The van der Waals surface area contributed by atoms with Crippen molar-refractivity contribution in [2.45, 2.75) is 31.3 Å². The number of hydroxylamine groups is 2. The summed E-state index contributed by atoms with van der Waals surface area (Å²) in [6.45, 7) is 0.0790. The molecule has 11 nitrogen and oxygen atoms in total. The Morgan fingerprint density at radius 1 is 1.35 bits per heavy atom. The number of rotatable bonds is 5. The Hall–Kier alpha value is -2.22. The number of amides is 4. The average molecular weight is 404 g/mol. The molecule has 1 aromatic rings. The molecule has 2 atom stereocenters. The molecule has 2 bridgehead atoms. The van der Waals surface area contributed by atoms with Crippen LogP contribution in [0, 0.1) is 0 Å². The van der Waals surface area contributed by atoms with Gasteiger partial charge in [0.25, 0.3) is 5.91 Å². The van der Waals surface area contributed by atoms with E-state index in [1.165, 1.54) is 11.3 Å². The Balaban J connectivity index is 1.56. The second-order valence-electron chi connectivity index (χ2n) is 5.80. The maximum absolute atomic E-state index is 12.3. The molecule has 0 radical (unpaired) electrons. The molecule has 13 heteroatoms. The zero-order valence-corrected chi connectivity index (χ0v) is 15.0. The van der Waals surface area contributed by atoms with Gasteiger partial charge in [-0.2, -0.15) is 13.5 Å². The van der Waals surface area contributed by atoms with Gasteiger partial charge in [0.15, 0.2) is 0 Å². The van der Waals surface area contributed by atoms with Gasteiger partial charge in [-0.3, -0.25) is 25.0 Å². The number of hydrogen-bond donors (Lipinski definition) is 3. The molecule has 3 rings (SSSR count). The maximum atomic E-state index is 12.3. The van der Waals surface area contributed by atoms with Crippen LogP contribution in [0.1, 0.15) is 17.7 Å². The summed E-state index contributed by atoms with van der Waals surface area (Å²) in [6, 6.07) is 1.30. The summed E-state index contributed by atoms with van der Waals surface area (Å²) in [7, 11) is -4.84. The maximum Gasteiger partial charge on any atom is 0.418 e. The van der Waals surface area contributed by atoms with Crippen molar-refractivity contribution in [1.82, 2.24) is 20.8 Å². The molecular weight excluding hydrogens is 388 g/mol. The molecule has 2 aliphatic heterocycles. The van der Waals surface area contributed by atoms with Gasteiger partial charge in [-0.25, -0.2) is 4.79 Å². The minimum Gasteiger partial charge on any atom is -0.309 e. The van der Waals surface area contributed by atoms with E-state index in [-0.39, 0.29) is 19.4 Å². The Morgan fingerprint density at radius 2 is 2.12 bits per heavy atom. The van der Waals surface area contributed by atoms with Crippen LogP contribution < -0.4 is 10.9 Å². The molecule has 0 saturated carbocycles. The highest BCUT2D eigenvalue weighted by Gasteiger charge is 2.49. The predicted octanol–water partition coefficient (Wildman–Crippen LogP) is -0.559. The molecule has 0 unspecified atom stereocenters.